The van der Waals surface area contributed by atoms with E-state index in [9.17, 15) is 0 Å². The van der Waals surface area contributed by atoms with Gasteiger partial charge in [-0.2, -0.15) is 0 Å². The Balaban J connectivity index is 2.08. The second kappa shape index (κ2) is 4.31. The van der Waals surface area contributed by atoms with E-state index in [1.807, 2.05) is 36.0 Å². The van der Waals surface area contributed by atoms with Gasteiger partial charge in [0.1, 0.15) is 0 Å². The van der Waals surface area contributed by atoms with Gasteiger partial charge in [0.2, 0.25) is 0 Å². The maximum absolute atomic E-state index is 5.82. The summed E-state index contributed by atoms with van der Waals surface area (Å²) in [6, 6.07) is 5.88. The van der Waals surface area contributed by atoms with Crippen LogP contribution in [0.2, 0.25) is 0 Å². The molecule has 0 aliphatic rings. The van der Waals surface area contributed by atoms with Crippen molar-refractivity contribution >= 4 is 22.7 Å². The number of hydrogen-bond acceptors (Lipinski definition) is 4. The molecule has 1 aromatic heterocycles. The number of anilines is 2. The van der Waals surface area contributed by atoms with Crippen molar-refractivity contribution in [1.82, 2.24) is 4.98 Å². The van der Waals surface area contributed by atoms with Crippen LogP contribution in [0.1, 0.15) is 11.3 Å². The molecule has 1 heterocycles. The Labute approximate surface area is 93.0 Å². The Bertz CT molecular complexity index is 437. The minimum atomic E-state index is 0.744. The molecule has 0 spiro atoms. The summed E-state index contributed by atoms with van der Waals surface area (Å²) in [7, 11) is 0. The average Bonchev–Trinajstić information content (AvgIpc) is 2.73. The fraction of sp³-hybridized carbons (Fsp3) is 0.182. The van der Waals surface area contributed by atoms with E-state index in [0.717, 1.165) is 29.2 Å². The van der Waals surface area contributed by atoms with Crippen LogP contribution in [-0.2, 0) is 6.54 Å². The molecule has 0 bridgehead atoms. The first kappa shape index (κ1) is 9.98. The molecule has 0 amide bonds. The van der Waals surface area contributed by atoms with Crippen LogP contribution in [0, 0.1) is 6.92 Å². The van der Waals surface area contributed by atoms with E-state index in [2.05, 4.69) is 10.3 Å². The summed E-state index contributed by atoms with van der Waals surface area (Å²) in [5.41, 5.74) is 11.7. The summed E-state index contributed by atoms with van der Waals surface area (Å²) < 4.78 is 0. The summed E-state index contributed by atoms with van der Waals surface area (Å²) in [6.07, 6.45) is 0. The highest BCUT2D eigenvalue weighted by Crippen LogP contribution is 2.20. The maximum Gasteiger partial charge on any atom is 0.0795 e. The standard InChI is InChI=1S/C11H13N3S/c1-8-10(12)3-2-4-11(8)13-5-9-6-15-7-14-9/h2-4,6-7,13H,5,12H2,1H3. The highest BCUT2D eigenvalue weighted by Gasteiger charge is 2.01. The molecule has 0 fully saturated rings. The maximum atomic E-state index is 5.82. The molecule has 0 aliphatic carbocycles. The lowest BCUT2D eigenvalue weighted by Gasteiger charge is -2.09. The molecule has 78 valence electrons. The zero-order valence-corrected chi connectivity index (χ0v) is 9.34. The van der Waals surface area contributed by atoms with Crippen LogP contribution in [0.4, 0.5) is 11.4 Å². The Morgan fingerprint density at radius 3 is 3.07 bits per heavy atom. The van der Waals surface area contributed by atoms with Crippen LogP contribution in [0.15, 0.2) is 29.1 Å². The Morgan fingerprint density at radius 1 is 1.47 bits per heavy atom. The van der Waals surface area contributed by atoms with Gasteiger partial charge in [0, 0.05) is 16.8 Å². The number of thiazole rings is 1. The smallest absolute Gasteiger partial charge is 0.0795 e. The topological polar surface area (TPSA) is 50.9 Å². The monoisotopic (exact) mass is 219 g/mol. The predicted octanol–water partition coefficient (Wildman–Crippen LogP) is 2.65. The fourth-order valence-corrected chi connectivity index (χ4v) is 1.91. The van der Waals surface area contributed by atoms with Crippen LogP contribution in [-0.4, -0.2) is 4.98 Å². The molecule has 0 radical (unpaired) electrons. The van der Waals surface area contributed by atoms with Crippen molar-refractivity contribution < 1.29 is 0 Å². The van der Waals surface area contributed by atoms with E-state index in [4.69, 9.17) is 5.73 Å². The zero-order valence-electron chi connectivity index (χ0n) is 8.53. The number of benzene rings is 1. The van der Waals surface area contributed by atoms with Gasteiger partial charge in [0.25, 0.3) is 0 Å². The van der Waals surface area contributed by atoms with Gasteiger partial charge < -0.3 is 11.1 Å². The first-order chi connectivity index (χ1) is 7.27. The van der Waals surface area contributed by atoms with Crippen molar-refractivity contribution in [3.05, 3.63) is 40.3 Å². The highest BCUT2D eigenvalue weighted by atomic mass is 32.1. The Hall–Kier alpha value is -1.55. The summed E-state index contributed by atoms with van der Waals surface area (Å²) >= 11 is 1.61. The number of nitrogens with zero attached hydrogens (tertiary/aromatic N) is 1. The third-order valence-electron chi connectivity index (χ3n) is 2.32. The molecule has 4 heteroatoms. The lowest BCUT2D eigenvalue weighted by Crippen LogP contribution is -2.02. The van der Waals surface area contributed by atoms with E-state index in [1.54, 1.807) is 11.3 Å². The van der Waals surface area contributed by atoms with Crippen LogP contribution in [0.25, 0.3) is 0 Å². The Morgan fingerprint density at radius 2 is 2.33 bits per heavy atom. The quantitative estimate of drug-likeness (QED) is 0.780. The molecule has 0 unspecified atom stereocenters. The zero-order chi connectivity index (χ0) is 10.7. The van der Waals surface area contributed by atoms with Gasteiger partial charge >= 0.3 is 0 Å². The molecule has 3 N–H and O–H groups in total. The van der Waals surface area contributed by atoms with E-state index in [-0.39, 0.29) is 0 Å². The number of nitrogens with two attached hydrogens (primary N) is 1. The Kier molecular flexibility index (Phi) is 2.87. The lowest BCUT2D eigenvalue weighted by atomic mass is 10.1. The largest absolute Gasteiger partial charge is 0.398 e. The number of aromatic nitrogens is 1. The van der Waals surface area contributed by atoms with Gasteiger partial charge in [-0.15, -0.1) is 11.3 Å². The molecule has 0 saturated heterocycles. The fourth-order valence-electron chi connectivity index (χ4n) is 1.36. The molecular formula is C11H13N3S. The van der Waals surface area contributed by atoms with Gasteiger partial charge in [0.15, 0.2) is 0 Å². The van der Waals surface area contributed by atoms with Crippen LogP contribution in [0.5, 0.6) is 0 Å². The minimum absolute atomic E-state index is 0.744. The first-order valence-electron chi connectivity index (χ1n) is 4.73. The molecule has 2 rings (SSSR count). The molecule has 15 heavy (non-hydrogen) atoms. The number of nitrogens with one attached hydrogen (secondary N) is 1. The van der Waals surface area contributed by atoms with Crippen molar-refractivity contribution in [2.45, 2.75) is 13.5 Å². The molecule has 3 nitrogen and oxygen atoms in total. The van der Waals surface area contributed by atoms with E-state index in [0.29, 0.717) is 0 Å². The predicted molar refractivity (Wildman–Crippen MR) is 65.0 cm³/mol. The lowest BCUT2D eigenvalue weighted by molar-refractivity contribution is 1.07. The molecule has 0 aliphatic heterocycles. The van der Waals surface area contributed by atoms with Crippen molar-refractivity contribution in [3.63, 3.8) is 0 Å². The second-order valence-electron chi connectivity index (χ2n) is 3.35. The van der Waals surface area contributed by atoms with Crippen molar-refractivity contribution in [2.24, 2.45) is 0 Å². The van der Waals surface area contributed by atoms with Crippen LogP contribution < -0.4 is 11.1 Å². The van der Waals surface area contributed by atoms with Crippen molar-refractivity contribution in [2.75, 3.05) is 11.1 Å². The van der Waals surface area contributed by atoms with Gasteiger partial charge in [-0.05, 0) is 24.6 Å². The van der Waals surface area contributed by atoms with Crippen LogP contribution >= 0.6 is 11.3 Å². The van der Waals surface area contributed by atoms with Gasteiger partial charge in [0.05, 0.1) is 17.7 Å². The number of nitrogen functional groups attached to an aromatic ring is 1. The van der Waals surface area contributed by atoms with E-state index < -0.39 is 0 Å². The summed E-state index contributed by atoms with van der Waals surface area (Å²) in [6.45, 7) is 2.76. The minimum Gasteiger partial charge on any atom is -0.398 e. The van der Waals surface area contributed by atoms with E-state index in [1.165, 1.54) is 0 Å². The van der Waals surface area contributed by atoms with Gasteiger partial charge in [-0.1, -0.05) is 6.07 Å². The normalized spacial score (nSPS) is 10.2. The number of rotatable bonds is 3. The highest BCUT2D eigenvalue weighted by molar-refractivity contribution is 7.07. The first-order valence-corrected chi connectivity index (χ1v) is 5.67. The molecule has 1 aromatic carbocycles. The van der Waals surface area contributed by atoms with Crippen LogP contribution in [0.3, 0.4) is 0 Å². The third-order valence-corrected chi connectivity index (χ3v) is 2.95. The molecule has 2 aromatic rings. The average molecular weight is 219 g/mol. The van der Waals surface area contributed by atoms with Gasteiger partial charge in [-0.25, -0.2) is 4.98 Å². The van der Waals surface area contributed by atoms with Gasteiger partial charge in [-0.3, -0.25) is 0 Å². The number of hydrogen-bond donors (Lipinski definition) is 2. The SMILES string of the molecule is Cc1c(N)cccc1NCc1cscn1. The summed E-state index contributed by atoms with van der Waals surface area (Å²) in [5.74, 6) is 0. The summed E-state index contributed by atoms with van der Waals surface area (Å²) in [4.78, 5) is 4.21. The van der Waals surface area contributed by atoms with Crippen molar-refractivity contribution in [1.29, 1.82) is 0 Å². The second-order valence-corrected chi connectivity index (χ2v) is 4.07. The summed E-state index contributed by atoms with van der Waals surface area (Å²) in [5, 5.41) is 5.36. The van der Waals surface area contributed by atoms with E-state index >= 15 is 0 Å². The molecule has 0 atom stereocenters. The van der Waals surface area contributed by atoms with Crippen molar-refractivity contribution in [3.8, 4) is 0 Å². The molecular weight excluding hydrogens is 206 g/mol. The molecule has 0 saturated carbocycles. The third kappa shape index (κ3) is 2.27.